The van der Waals surface area contributed by atoms with E-state index in [1.807, 2.05) is 12.1 Å². The largest absolute Gasteiger partial charge is 0.468 e. The fraction of sp³-hybridized carbons (Fsp3) is 0.400. The van der Waals surface area contributed by atoms with Crippen molar-refractivity contribution in [2.24, 2.45) is 0 Å². The van der Waals surface area contributed by atoms with E-state index in [0.717, 1.165) is 10.4 Å². The van der Waals surface area contributed by atoms with Gasteiger partial charge in [0.05, 0.1) is 12.6 Å². The van der Waals surface area contributed by atoms with Crippen LogP contribution in [0, 0.1) is 0 Å². The Labute approximate surface area is 142 Å². The molecule has 0 spiro atoms. The Hall–Kier alpha value is -3.17. The third-order valence-electron chi connectivity index (χ3n) is 3.84. The summed E-state index contributed by atoms with van der Waals surface area (Å²) in [5.74, 6) is -0.449. The van der Waals surface area contributed by atoms with Crippen molar-refractivity contribution in [2.45, 2.75) is 18.9 Å². The highest BCUT2D eigenvalue weighted by molar-refractivity contribution is 6.06. The quantitative estimate of drug-likeness (QED) is 0.372. The molecule has 0 bridgehead atoms. The van der Waals surface area contributed by atoms with Crippen molar-refractivity contribution in [3.8, 4) is 0 Å². The number of methoxy groups -OCH3 is 1. The molecule has 1 atom stereocenters. The Morgan fingerprint density at radius 3 is 3.04 bits per heavy atom. The lowest BCUT2D eigenvalue weighted by molar-refractivity contribution is -0.144. The number of carbonyl (C=O) groups is 3. The van der Waals surface area contributed by atoms with Gasteiger partial charge in [-0.3, -0.25) is 14.5 Å². The van der Waals surface area contributed by atoms with Crippen LogP contribution in [0.15, 0.2) is 18.3 Å². The van der Waals surface area contributed by atoms with E-state index < -0.39 is 23.9 Å². The van der Waals surface area contributed by atoms with Crippen LogP contribution in [0.25, 0.3) is 11.2 Å². The van der Waals surface area contributed by atoms with E-state index in [9.17, 15) is 14.4 Å². The van der Waals surface area contributed by atoms with E-state index in [4.69, 9.17) is 0 Å². The first-order valence-electron chi connectivity index (χ1n) is 7.82. The summed E-state index contributed by atoms with van der Waals surface area (Å²) in [5, 5.41) is 5.69. The van der Waals surface area contributed by atoms with Crippen molar-refractivity contribution in [3.05, 3.63) is 18.3 Å². The minimum Gasteiger partial charge on any atom is -0.468 e. The van der Waals surface area contributed by atoms with E-state index in [-0.39, 0.29) is 6.54 Å². The number of imidazole rings is 1. The summed E-state index contributed by atoms with van der Waals surface area (Å²) in [6.45, 7) is 0.193. The van der Waals surface area contributed by atoms with Gasteiger partial charge in [0.1, 0.15) is 12.6 Å². The lowest BCUT2D eigenvalue weighted by atomic mass is 10.1. The zero-order valence-electron chi connectivity index (χ0n) is 13.6. The molecule has 2 aromatic rings. The first-order chi connectivity index (χ1) is 12.1. The molecule has 2 aromatic heterocycles. The van der Waals surface area contributed by atoms with Gasteiger partial charge >= 0.3 is 12.0 Å². The standard InChI is InChI=1S/C15H18N6O4/c1-25-11(22)8-21-13(23)10(19-15(21)24)5-3-7-17-14-18-9-4-2-6-16-12(9)20-14/h2,4,6,10H,3,5,7-8H2,1H3,(H,19,24)(H2,16,17,18,20). The number of ether oxygens (including phenoxy) is 1. The summed E-state index contributed by atoms with van der Waals surface area (Å²) in [6, 6.07) is 2.50. The maximum Gasteiger partial charge on any atom is 0.325 e. The molecule has 0 aliphatic carbocycles. The number of nitrogens with zero attached hydrogens (tertiary/aromatic N) is 3. The Bertz CT molecular complexity index is 771. The van der Waals surface area contributed by atoms with Crippen LogP contribution >= 0.6 is 0 Å². The minimum absolute atomic E-state index is 0.373. The van der Waals surface area contributed by atoms with Crippen molar-refractivity contribution < 1.29 is 19.1 Å². The number of imide groups is 1. The molecule has 10 nitrogen and oxygen atoms in total. The fourth-order valence-electron chi connectivity index (χ4n) is 2.56. The summed E-state index contributed by atoms with van der Waals surface area (Å²) in [4.78, 5) is 47.5. The lowest BCUT2D eigenvalue weighted by Gasteiger charge is -2.11. The molecule has 1 fully saturated rings. The van der Waals surface area contributed by atoms with Gasteiger partial charge in [-0.2, -0.15) is 4.98 Å². The van der Waals surface area contributed by atoms with E-state index in [2.05, 4.69) is 30.3 Å². The number of pyridine rings is 1. The Morgan fingerprint density at radius 1 is 1.44 bits per heavy atom. The molecule has 0 radical (unpaired) electrons. The van der Waals surface area contributed by atoms with Crippen LogP contribution in [0.5, 0.6) is 0 Å². The summed E-state index contributed by atoms with van der Waals surface area (Å²) < 4.78 is 4.48. The maximum atomic E-state index is 12.1. The molecule has 132 valence electrons. The van der Waals surface area contributed by atoms with Crippen molar-refractivity contribution in [1.82, 2.24) is 25.2 Å². The smallest absolute Gasteiger partial charge is 0.325 e. The number of urea groups is 1. The van der Waals surface area contributed by atoms with Crippen LogP contribution in [0.2, 0.25) is 0 Å². The van der Waals surface area contributed by atoms with Gasteiger partial charge in [-0.1, -0.05) is 0 Å². The monoisotopic (exact) mass is 346 g/mol. The number of nitrogens with one attached hydrogen (secondary N) is 3. The highest BCUT2D eigenvalue weighted by Gasteiger charge is 2.38. The molecule has 1 aliphatic rings. The van der Waals surface area contributed by atoms with Crippen molar-refractivity contribution in [1.29, 1.82) is 0 Å². The minimum atomic E-state index is -0.635. The Kier molecular flexibility index (Phi) is 4.78. The molecule has 1 saturated heterocycles. The number of rotatable bonds is 7. The first-order valence-corrected chi connectivity index (χ1v) is 7.82. The summed E-state index contributed by atoms with van der Waals surface area (Å²) in [7, 11) is 1.21. The van der Waals surface area contributed by atoms with Gasteiger partial charge in [-0.25, -0.2) is 9.78 Å². The van der Waals surface area contributed by atoms with Crippen LogP contribution in [0.1, 0.15) is 12.8 Å². The topological polar surface area (TPSA) is 129 Å². The average Bonchev–Trinajstić information content (AvgIpc) is 3.14. The predicted octanol–water partition coefficient (Wildman–Crippen LogP) is 0.243. The van der Waals surface area contributed by atoms with Gasteiger partial charge in [0.2, 0.25) is 5.95 Å². The molecule has 0 aromatic carbocycles. The number of amides is 3. The molecule has 3 rings (SSSR count). The molecule has 3 amide bonds. The van der Waals surface area contributed by atoms with Gasteiger partial charge in [0, 0.05) is 12.7 Å². The first kappa shape index (κ1) is 16.7. The van der Waals surface area contributed by atoms with Crippen LogP contribution in [-0.4, -0.2) is 64.0 Å². The number of fused-ring (bicyclic) bond motifs is 1. The van der Waals surface area contributed by atoms with Crippen LogP contribution in [-0.2, 0) is 14.3 Å². The molecule has 25 heavy (non-hydrogen) atoms. The zero-order valence-corrected chi connectivity index (χ0v) is 13.6. The fourth-order valence-corrected chi connectivity index (χ4v) is 2.56. The van der Waals surface area contributed by atoms with Crippen molar-refractivity contribution >= 4 is 35.0 Å². The SMILES string of the molecule is COC(=O)CN1C(=O)NC(CCCNc2nc3ncccc3[nH]2)C1=O. The van der Waals surface area contributed by atoms with Gasteiger partial charge in [-0.15, -0.1) is 0 Å². The van der Waals surface area contributed by atoms with E-state index >= 15 is 0 Å². The zero-order chi connectivity index (χ0) is 17.8. The summed E-state index contributed by atoms with van der Waals surface area (Å²) in [5.41, 5.74) is 1.46. The molecule has 3 heterocycles. The Balaban J connectivity index is 1.46. The van der Waals surface area contributed by atoms with Gasteiger partial charge in [0.15, 0.2) is 5.65 Å². The number of hydrogen-bond donors (Lipinski definition) is 3. The number of H-pyrrole nitrogens is 1. The highest BCUT2D eigenvalue weighted by atomic mass is 16.5. The predicted molar refractivity (Wildman–Crippen MR) is 87.7 cm³/mol. The molecular weight excluding hydrogens is 328 g/mol. The number of hydrogen-bond acceptors (Lipinski definition) is 7. The molecule has 1 unspecified atom stereocenters. The lowest BCUT2D eigenvalue weighted by Crippen LogP contribution is -2.36. The van der Waals surface area contributed by atoms with Crippen molar-refractivity contribution in [3.63, 3.8) is 0 Å². The highest BCUT2D eigenvalue weighted by Crippen LogP contribution is 2.13. The second-order valence-electron chi connectivity index (χ2n) is 5.53. The number of carbonyl (C=O) groups excluding carboxylic acids is 3. The van der Waals surface area contributed by atoms with Gasteiger partial charge in [0.25, 0.3) is 5.91 Å². The molecule has 10 heteroatoms. The number of aromatic amines is 1. The third-order valence-corrected chi connectivity index (χ3v) is 3.84. The number of anilines is 1. The Morgan fingerprint density at radius 2 is 2.28 bits per heavy atom. The second-order valence-corrected chi connectivity index (χ2v) is 5.53. The average molecular weight is 346 g/mol. The number of esters is 1. The third kappa shape index (κ3) is 3.67. The van der Waals surface area contributed by atoms with E-state index in [0.29, 0.717) is 31.0 Å². The normalized spacial score (nSPS) is 17.0. The van der Waals surface area contributed by atoms with Crippen LogP contribution in [0.4, 0.5) is 10.7 Å². The van der Waals surface area contributed by atoms with E-state index in [1.54, 1.807) is 6.20 Å². The van der Waals surface area contributed by atoms with Crippen molar-refractivity contribution in [2.75, 3.05) is 25.5 Å². The maximum absolute atomic E-state index is 12.1. The molecule has 0 saturated carbocycles. The van der Waals surface area contributed by atoms with Gasteiger partial charge in [-0.05, 0) is 25.0 Å². The number of aromatic nitrogens is 3. The second kappa shape index (κ2) is 7.16. The molecular formula is C15H18N6O4. The molecule has 1 aliphatic heterocycles. The van der Waals surface area contributed by atoms with E-state index in [1.165, 1.54) is 7.11 Å². The van der Waals surface area contributed by atoms with Crippen LogP contribution in [0.3, 0.4) is 0 Å². The summed E-state index contributed by atoms with van der Waals surface area (Å²) >= 11 is 0. The van der Waals surface area contributed by atoms with Crippen LogP contribution < -0.4 is 10.6 Å². The molecule has 3 N–H and O–H groups in total. The summed E-state index contributed by atoms with van der Waals surface area (Å²) in [6.07, 6.45) is 2.75. The van der Waals surface area contributed by atoms with Gasteiger partial charge < -0.3 is 20.4 Å².